The Labute approximate surface area is 178 Å². The molecule has 2 heterocycles. The fraction of sp³-hybridized carbons (Fsp3) is 0.381. The molecule has 8 nitrogen and oxygen atoms in total. The zero-order chi connectivity index (χ0) is 21.1. The first kappa shape index (κ1) is 20.3. The second-order valence-corrected chi connectivity index (χ2v) is 7.73. The number of rotatable bonds is 4. The van der Waals surface area contributed by atoms with Crippen LogP contribution >= 0.6 is 11.6 Å². The van der Waals surface area contributed by atoms with Gasteiger partial charge in [-0.05, 0) is 18.9 Å². The van der Waals surface area contributed by atoms with E-state index < -0.39 is 0 Å². The van der Waals surface area contributed by atoms with Crippen LogP contribution in [0.25, 0.3) is 0 Å². The molecule has 0 bridgehead atoms. The molecule has 0 saturated carbocycles. The minimum absolute atomic E-state index is 0.0828. The molecular weight excluding hydrogens is 410 g/mol. The number of nitrogens with one attached hydrogen (secondary N) is 1. The number of anilines is 2. The number of fused-ring (bicyclic) bond motifs is 1. The average molecular weight is 432 g/mol. The van der Waals surface area contributed by atoms with Gasteiger partial charge < -0.3 is 19.7 Å². The van der Waals surface area contributed by atoms with Crippen LogP contribution in [0.4, 0.5) is 17.1 Å². The molecule has 1 saturated heterocycles. The number of nitro benzene ring substituents is 1. The lowest BCUT2D eigenvalue weighted by Crippen LogP contribution is -2.38. The van der Waals surface area contributed by atoms with E-state index in [0.717, 1.165) is 6.42 Å². The van der Waals surface area contributed by atoms with Crippen molar-refractivity contribution in [1.29, 1.82) is 0 Å². The van der Waals surface area contributed by atoms with E-state index in [1.54, 1.807) is 30.3 Å². The highest BCUT2D eigenvalue weighted by atomic mass is 35.5. The third-order valence-corrected chi connectivity index (χ3v) is 5.69. The van der Waals surface area contributed by atoms with Crippen LogP contribution in [0.5, 0.6) is 11.5 Å². The van der Waals surface area contributed by atoms with Gasteiger partial charge in [0.2, 0.25) is 5.91 Å². The summed E-state index contributed by atoms with van der Waals surface area (Å²) in [4.78, 5) is 25.7. The molecule has 9 heteroatoms. The van der Waals surface area contributed by atoms with Crippen LogP contribution in [0, 0.1) is 16.0 Å². The van der Waals surface area contributed by atoms with E-state index >= 15 is 0 Å². The molecular formula is C21H22ClN3O5. The lowest BCUT2D eigenvalue weighted by atomic mass is 9.95. The fourth-order valence-electron chi connectivity index (χ4n) is 3.78. The van der Waals surface area contributed by atoms with Crippen molar-refractivity contribution >= 4 is 34.6 Å². The molecule has 0 spiro atoms. The number of ether oxygens (including phenoxy) is 2. The average Bonchev–Trinajstić information content (AvgIpc) is 2.99. The quantitative estimate of drug-likeness (QED) is 0.574. The van der Waals surface area contributed by atoms with Crippen molar-refractivity contribution in [1.82, 2.24) is 0 Å². The SMILES string of the molecule is O=C(Nc1cc2c(cc1Cl)OCCCO2)C1CCN(c2ccccc2[N+](=O)[O-])CC1. The molecule has 0 aromatic heterocycles. The second-order valence-electron chi connectivity index (χ2n) is 7.33. The number of hydrogen-bond donors (Lipinski definition) is 1. The number of nitrogens with zero attached hydrogens (tertiary/aromatic N) is 2. The summed E-state index contributed by atoms with van der Waals surface area (Å²) in [6.07, 6.45) is 1.98. The molecule has 158 valence electrons. The summed E-state index contributed by atoms with van der Waals surface area (Å²) < 4.78 is 11.3. The highest BCUT2D eigenvalue weighted by molar-refractivity contribution is 6.34. The minimum atomic E-state index is -0.375. The van der Waals surface area contributed by atoms with Gasteiger partial charge in [0.15, 0.2) is 11.5 Å². The van der Waals surface area contributed by atoms with Gasteiger partial charge in [-0.15, -0.1) is 0 Å². The van der Waals surface area contributed by atoms with Gasteiger partial charge in [-0.25, -0.2) is 0 Å². The number of para-hydroxylation sites is 2. The largest absolute Gasteiger partial charge is 0.490 e. The molecule has 1 N–H and O–H groups in total. The number of hydrogen-bond acceptors (Lipinski definition) is 6. The van der Waals surface area contributed by atoms with Crippen LogP contribution < -0.4 is 19.7 Å². The molecule has 2 aliphatic rings. The molecule has 2 aromatic rings. The second kappa shape index (κ2) is 8.79. The molecule has 4 rings (SSSR count). The van der Waals surface area contributed by atoms with E-state index in [1.165, 1.54) is 6.07 Å². The van der Waals surface area contributed by atoms with Crippen molar-refractivity contribution in [2.24, 2.45) is 5.92 Å². The number of benzene rings is 2. The first-order valence-electron chi connectivity index (χ1n) is 9.91. The van der Waals surface area contributed by atoms with Gasteiger partial charge in [-0.3, -0.25) is 14.9 Å². The molecule has 1 fully saturated rings. The minimum Gasteiger partial charge on any atom is -0.490 e. The summed E-state index contributed by atoms with van der Waals surface area (Å²) in [6.45, 7) is 2.24. The first-order chi connectivity index (χ1) is 14.5. The smallest absolute Gasteiger partial charge is 0.292 e. The van der Waals surface area contributed by atoms with E-state index in [2.05, 4.69) is 5.32 Å². The maximum absolute atomic E-state index is 12.8. The monoisotopic (exact) mass is 431 g/mol. The molecule has 0 unspecified atom stereocenters. The number of amides is 1. The normalized spacial score (nSPS) is 16.6. The predicted octanol–water partition coefficient (Wildman–Crippen LogP) is 4.26. The number of piperidine rings is 1. The van der Waals surface area contributed by atoms with Gasteiger partial charge in [-0.1, -0.05) is 23.7 Å². The highest BCUT2D eigenvalue weighted by Gasteiger charge is 2.28. The Balaban J connectivity index is 1.41. The summed E-state index contributed by atoms with van der Waals surface area (Å²) in [7, 11) is 0. The highest BCUT2D eigenvalue weighted by Crippen LogP contribution is 2.38. The zero-order valence-corrected chi connectivity index (χ0v) is 17.1. The van der Waals surface area contributed by atoms with Crippen molar-refractivity contribution in [3.8, 4) is 11.5 Å². The summed E-state index contributed by atoms with van der Waals surface area (Å²) in [5, 5.41) is 14.6. The Morgan fingerprint density at radius 2 is 1.80 bits per heavy atom. The van der Waals surface area contributed by atoms with Crippen molar-refractivity contribution in [2.75, 3.05) is 36.5 Å². The lowest BCUT2D eigenvalue weighted by molar-refractivity contribution is -0.384. The molecule has 1 amide bonds. The van der Waals surface area contributed by atoms with E-state index in [0.29, 0.717) is 67.0 Å². The molecule has 2 aliphatic heterocycles. The zero-order valence-electron chi connectivity index (χ0n) is 16.3. The third kappa shape index (κ3) is 4.28. The van der Waals surface area contributed by atoms with Crippen LogP contribution in [-0.2, 0) is 4.79 Å². The van der Waals surface area contributed by atoms with Crippen molar-refractivity contribution < 1.29 is 19.2 Å². The Bertz CT molecular complexity index is 960. The summed E-state index contributed by atoms with van der Waals surface area (Å²) in [5.41, 5.74) is 1.17. The van der Waals surface area contributed by atoms with Crippen molar-refractivity contribution in [3.05, 3.63) is 51.5 Å². The van der Waals surface area contributed by atoms with Gasteiger partial charge in [0.05, 0.1) is 28.8 Å². The lowest BCUT2D eigenvalue weighted by Gasteiger charge is -2.32. The number of nitro groups is 1. The van der Waals surface area contributed by atoms with Crippen LogP contribution in [0.15, 0.2) is 36.4 Å². The topological polar surface area (TPSA) is 93.9 Å². The Morgan fingerprint density at radius 1 is 1.13 bits per heavy atom. The Hall–Kier alpha value is -3.00. The Morgan fingerprint density at radius 3 is 2.50 bits per heavy atom. The number of halogens is 1. The van der Waals surface area contributed by atoms with Gasteiger partial charge in [0, 0.05) is 43.6 Å². The molecule has 2 aromatic carbocycles. The number of carbonyl (C=O) groups excluding carboxylic acids is 1. The maximum Gasteiger partial charge on any atom is 0.292 e. The van der Waals surface area contributed by atoms with Crippen molar-refractivity contribution in [2.45, 2.75) is 19.3 Å². The molecule has 0 radical (unpaired) electrons. The molecule has 0 aliphatic carbocycles. The predicted molar refractivity (Wildman–Crippen MR) is 114 cm³/mol. The summed E-state index contributed by atoms with van der Waals surface area (Å²) in [5.74, 6) is 0.830. The van der Waals surface area contributed by atoms with Crippen LogP contribution in [0.2, 0.25) is 5.02 Å². The van der Waals surface area contributed by atoms with Gasteiger partial charge in [-0.2, -0.15) is 0 Å². The maximum atomic E-state index is 12.8. The fourth-order valence-corrected chi connectivity index (χ4v) is 3.98. The van der Waals surface area contributed by atoms with Crippen molar-refractivity contribution in [3.63, 3.8) is 0 Å². The van der Waals surface area contributed by atoms with Crippen LogP contribution in [0.3, 0.4) is 0 Å². The third-order valence-electron chi connectivity index (χ3n) is 5.38. The molecule has 0 atom stereocenters. The van der Waals surface area contributed by atoms with E-state index in [9.17, 15) is 14.9 Å². The van der Waals surface area contributed by atoms with Gasteiger partial charge in [0.25, 0.3) is 5.69 Å². The van der Waals surface area contributed by atoms with Crippen LogP contribution in [-0.4, -0.2) is 37.1 Å². The summed E-state index contributed by atoms with van der Waals surface area (Å²) in [6, 6.07) is 10.0. The van der Waals surface area contributed by atoms with E-state index in [-0.39, 0.29) is 22.4 Å². The Kier molecular flexibility index (Phi) is 5.94. The summed E-state index contributed by atoms with van der Waals surface area (Å²) >= 11 is 6.33. The van der Waals surface area contributed by atoms with Crippen LogP contribution in [0.1, 0.15) is 19.3 Å². The van der Waals surface area contributed by atoms with Gasteiger partial charge in [0.1, 0.15) is 5.69 Å². The first-order valence-corrected chi connectivity index (χ1v) is 10.3. The standard InChI is InChI=1S/C21H22ClN3O5/c22-15-12-19-20(30-11-3-10-29-19)13-16(15)23-21(26)14-6-8-24(9-7-14)17-4-1-2-5-18(17)25(27)28/h1-2,4-5,12-14H,3,6-11H2,(H,23,26). The van der Waals surface area contributed by atoms with E-state index in [4.69, 9.17) is 21.1 Å². The van der Waals surface area contributed by atoms with Gasteiger partial charge >= 0.3 is 0 Å². The number of carbonyl (C=O) groups is 1. The van der Waals surface area contributed by atoms with E-state index in [1.807, 2.05) is 4.90 Å². The molecule has 30 heavy (non-hydrogen) atoms.